The van der Waals surface area contributed by atoms with Crippen molar-refractivity contribution >= 4 is 29.2 Å². The van der Waals surface area contributed by atoms with Crippen molar-refractivity contribution in [2.45, 2.75) is 5.37 Å². The topological polar surface area (TPSA) is 75.5 Å². The van der Waals surface area contributed by atoms with Gasteiger partial charge in [0.2, 0.25) is 0 Å². The first-order valence-corrected chi connectivity index (χ1v) is 8.39. The number of benzene rings is 2. The van der Waals surface area contributed by atoms with Crippen molar-refractivity contribution in [2.24, 2.45) is 0 Å². The van der Waals surface area contributed by atoms with Crippen LogP contribution < -0.4 is 5.32 Å². The van der Waals surface area contributed by atoms with Crippen LogP contribution in [0, 0.1) is 21.7 Å². The first-order valence-electron chi connectivity index (χ1n) is 7.34. The lowest BCUT2D eigenvalue weighted by molar-refractivity contribution is -0.384. The standard InChI is InChI=1S/C16H13F2N3O3S/c17-11-3-6-14(13(18)9-11)19-16(22)20-7-8-25-15(20)10-1-4-12(5-2-10)21(23)24/h1-6,9,15H,7-8H2,(H,19,22). The molecule has 1 heterocycles. The Morgan fingerprint density at radius 2 is 1.96 bits per heavy atom. The molecule has 1 unspecified atom stereocenters. The summed E-state index contributed by atoms with van der Waals surface area (Å²) >= 11 is 1.50. The van der Waals surface area contributed by atoms with Crippen LogP contribution in [-0.2, 0) is 0 Å². The van der Waals surface area contributed by atoms with Crippen LogP contribution in [0.4, 0.5) is 25.0 Å². The summed E-state index contributed by atoms with van der Waals surface area (Å²) in [6.45, 7) is 0.445. The van der Waals surface area contributed by atoms with E-state index in [4.69, 9.17) is 0 Å². The third-order valence-electron chi connectivity index (χ3n) is 3.71. The minimum atomic E-state index is -0.855. The van der Waals surface area contributed by atoms with Gasteiger partial charge in [0.1, 0.15) is 17.0 Å². The van der Waals surface area contributed by atoms with Crippen molar-refractivity contribution in [1.82, 2.24) is 4.90 Å². The van der Waals surface area contributed by atoms with Gasteiger partial charge in [-0.2, -0.15) is 0 Å². The number of rotatable bonds is 3. The number of thioether (sulfide) groups is 1. The number of amides is 2. The molecule has 2 aromatic rings. The summed E-state index contributed by atoms with van der Waals surface area (Å²) in [6.07, 6.45) is 0. The molecule has 0 aliphatic carbocycles. The number of hydrogen-bond acceptors (Lipinski definition) is 4. The highest BCUT2D eigenvalue weighted by Gasteiger charge is 2.31. The maximum atomic E-state index is 13.7. The quantitative estimate of drug-likeness (QED) is 0.655. The fourth-order valence-electron chi connectivity index (χ4n) is 2.49. The molecule has 2 aromatic carbocycles. The number of nitrogens with one attached hydrogen (secondary N) is 1. The van der Waals surface area contributed by atoms with Crippen molar-refractivity contribution in [3.8, 4) is 0 Å². The Labute approximate surface area is 146 Å². The second-order valence-electron chi connectivity index (χ2n) is 5.32. The summed E-state index contributed by atoms with van der Waals surface area (Å²) in [4.78, 5) is 24.2. The van der Waals surface area contributed by atoms with Gasteiger partial charge in [-0.05, 0) is 29.8 Å². The lowest BCUT2D eigenvalue weighted by Gasteiger charge is -2.24. The average molecular weight is 365 g/mol. The molecular weight excluding hydrogens is 352 g/mol. The normalized spacial score (nSPS) is 16.7. The van der Waals surface area contributed by atoms with E-state index < -0.39 is 22.6 Å². The van der Waals surface area contributed by atoms with Gasteiger partial charge in [0.15, 0.2) is 0 Å². The molecule has 0 radical (unpaired) electrons. The Hall–Kier alpha value is -2.68. The molecule has 9 heteroatoms. The molecule has 0 spiro atoms. The lowest BCUT2D eigenvalue weighted by atomic mass is 10.2. The first-order chi connectivity index (χ1) is 12.0. The van der Waals surface area contributed by atoms with E-state index in [1.165, 1.54) is 28.8 Å². The van der Waals surface area contributed by atoms with E-state index in [9.17, 15) is 23.7 Å². The molecule has 1 aliphatic rings. The van der Waals surface area contributed by atoms with E-state index in [-0.39, 0.29) is 16.7 Å². The van der Waals surface area contributed by atoms with E-state index in [2.05, 4.69) is 5.32 Å². The van der Waals surface area contributed by atoms with Gasteiger partial charge >= 0.3 is 6.03 Å². The van der Waals surface area contributed by atoms with Crippen molar-refractivity contribution in [3.63, 3.8) is 0 Å². The Morgan fingerprint density at radius 3 is 2.60 bits per heavy atom. The number of non-ortho nitro benzene ring substituents is 1. The predicted molar refractivity (Wildman–Crippen MR) is 90.4 cm³/mol. The predicted octanol–water partition coefficient (Wildman–Crippen LogP) is 4.15. The van der Waals surface area contributed by atoms with E-state index >= 15 is 0 Å². The molecule has 6 nitrogen and oxygen atoms in total. The molecule has 1 atom stereocenters. The summed E-state index contributed by atoms with van der Waals surface area (Å²) in [5, 5.41) is 12.8. The highest BCUT2D eigenvalue weighted by Crippen LogP contribution is 2.38. The highest BCUT2D eigenvalue weighted by molar-refractivity contribution is 7.99. The van der Waals surface area contributed by atoms with Crippen molar-refractivity contribution in [2.75, 3.05) is 17.6 Å². The molecule has 1 fully saturated rings. The van der Waals surface area contributed by atoms with E-state index in [0.29, 0.717) is 18.4 Å². The Balaban J connectivity index is 1.76. The number of anilines is 1. The second-order valence-corrected chi connectivity index (χ2v) is 6.51. The van der Waals surface area contributed by atoms with Gasteiger partial charge in [0.05, 0.1) is 10.6 Å². The average Bonchev–Trinajstić information content (AvgIpc) is 3.07. The summed E-state index contributed by atoms with van der Waals surface area (Å²) in [6, 6.07) is 8.35. The molecule has 1 aliphatic heterocycles. The third-order valence-corrected chi connectivity index (χ3v) is 4.97. The molecule has 0 aromatic heterocycles. The first kappa shape index (κ1) is 17.2. The molecule has 130 valence electrons. The van der Waals surface area contributed by atoms with Gasteiger partial charge < -0.3 is 10.2 Å². The number of urea groups is 1. The fraction of sp³-hybridized carbons (Fsp3) is 0.188. The third kappa shape index (κ3) is 3.71. The maximum Gasteiger partial charge on any atom is 0.323 e. The van der Waals surface area contributed by atoms with Gasteiger partial charge in [0.25, 0.3) is 5.69 Å². The van der Waals surface area contributed by atoms with Gasteiger partial charge in [0, 0.05) is 30.5 Å². The molecule has 1 saturated heterocycles. The van der Waals surface area contributed by atoms with Crippen LogP contribution in [0.25, 0.3) is 0 Å². The SMILES string of the molecule is O=C(Nc1ccc(F)cc1F)N1CCSC1c1ccc([N+](=O)[O-])cc1. The van der Waals surface area contributed by atoms with Gasteiger partial charge in [-0.1, -0.05) is 0 Å². The van der Waals surface area contributed by atoms with Crippen LogP contribution in [-0.4, -0.2) is 28.2 Å². The largest absolute Gasteiger partial charge is 0.323 e. The molecule has 25 heavy (non-hydrogen) atoms. The molecule has 0 bridgehead atoms. The van der Waals surface area contributed by atoms with Crippen molar-refractivity contribution in [1.29, 1.82) is 0 Å². The minimum absolute atomic E-state index is 0.0314. The summed E-state index contributed by atoms with van der Waals surface area (Å²) < 4.78 is 26.6. The van der Waals surface area contributed by atoms with Crippen LogP contribution in [0.3, 0.4) is 0 Å². The molecule has 3 rings (SSSR count). The van der Waals surface area contributed by atoms with E-state index in [1.807, 2.05) is 0 Å². The Kier molecular flexibility index (Phi) is 4.84. The summed E-state index contributed by atoms with van der Waals surface area (Å²) in [5.41, 5.74) is 0.602. The monoisotopic (exact) mass is 365 g/mol. The molecule has 2 amide bonds. The zero-order valence-corrected chi connectivity index (χ0v) is 13.6. The van der Waals surface area contributed by atoms with Crippen molar-refractivity contribution in [3.05, 3.63) is 69.8 Å². The number of nitro benzene ring substituents is 1. The van der Waals surface area contributed by atoms with Crippen molar-refractivity contribution < 1.29 is 18.5 Å². The van der Waals surface area contributed by atoms with Crippen LogP contribution in [0.15, 0.2) is 42.5 Å². The molecular formula is C16H13F2N3O3S. The van der Waals surface area contributed by atoms with E-state index in [0.717, 1.165) is 17.7 Å². The smallest absolute Gasteiger partial charge is 0.308 e. The molecule has 1 N–H and O–H groups in total. The van der Waals surface area contributed by atoms with E-state index in [1.54, 1.807) is 12.1 Å². The minimum Gasteiger partial charge on any atom is -0.308 e. The maximum absolute atomic E-state index is 13.7. The van der Waals surface area contributed by atoms with Gasteiger partial charge in [-0.15, -0.1) is 11.8 Å². The Morgan fingerprint density at radius 1 is 1.24 bits per heavy atom. The second kappa shape index (κ2) is 7.06. The van der Waals surface area contributed by atoms with Crippen LogP contribution in [0.1, 0.15) is 10.9 Å². The zero-order valence-electron chi connectivity index (χ0n) is 12.8. The van der Waals surface area contributed by atoms with Crippen LogP contribution >= 0.6 is 11.8 Å². The number of halogens is 2. The van der Waals surface area contributed by atoms with Gasteiger partial charge in [-0.25, -0.2) is 13.6 Å². The number of carbonyl (C=O) groups excluding carboxylic acids is 1. The van der Waals surface area contributed by atoms with Crippen LogP contribution in [0.5, 0.6) is 0 Å². The lowest BCUT2D eigenvalue weighted by Crippen LogP contribution is -2.34. The van der Waals surface area contributed by atoms with Gasteiger partial charge in [-0.3, -0.25) is 10.1 Å². The number of nitro groups is 1. The fourth-order valence-corrected chi connectivity index (χ4v) is 3.75. The van der Waals surface area contributed by atoms with Crippen LogP contribution in [0.2, 0.25) is 0 Å². The number of hydrogen-bond donors (Lipinski definition) is 1. The number of carbonyl (C=O) groups is 1. The summed E-state index contributed by atoms with van der Waals surface area (Å²) in [5.74, 6) is -0.899. The summed E-state index contributed by atoms with van der Waals surface area (Å²) in [7, 11) is 0. The Bertz CT molecular complexity index is 817. The highest BCUT2D eigenvalue weighted by atomic mass is 32.2. The molecule has 0 saturated carbocycles. The zero-order chi connectivity index (χ0) is 18.0. The number of nitrogens with zero attached hydrogens (tertiary/aromatic N) is 2.